The molecule has 2 heterocycles. The molecule has 0 fully saturated rings. The number of hydrogen-bond donors (Lipinski definition) is 0. The first-order valence-corrected chi connectivity index (χ1v) is 17.6. The number of ether oxygens (including phenoxy) is 1. The van der Waals surface area contributed by atoms with Crippen LogP contribution in [-0.2, 0) is 46.7 Å². The summed E-state index contributed by atoms with van der Waals surface area (Å²) in [6.45, 7) is 0. The van der Waals surface area contributed by atoms with Crippen LogP contribution in [0.2, 0.25) is 0 Å². The maximum Gasteiger partial charge on any atom is 2.00 e. The van der Waals surface area contributed by atoms with Gasteiger partial charge in [0.25, 0.3) is 0 Å². The second-order valence-corrected chi connectivity index (χ2v) is 13.9. The van der Waals surface area contributed by atoms with Crippen molar-refractivity contribution in [2.75, 3.05) is 0 Å². The molecule has 0 unspecified atom stereocenters. The zero-order valence-corrected chi connectivity index (χ0v) is 30.6. The Bertz CT molecular complexity index is 2570. The van der Waals surface area contributed by atoms with Crippen molar-refractivity contribution >= 4 is 11.0 Å². The van der Waals surface area contributed by atoms with E-state index in [4.69, 9.17) is 14.7 Å². The van der Waals surface area contributed by atoms with Crippen LogP contribution in [0.5, 0.6) is 11.6 Å². The number of imidazole rings is 1. The Morgan fingerprint density at radius 2 is 1.35 bits per heavy atom. The van der Waals surface area contributed by atoms with Crippen molar-refractivity contribution in [3.05, 3.63) is 186 Å². The van der Waals surface area contributed by atoms with Gasteiger partial charge in [0.2, 0.25) is 5.88 Å². The van der Waals surface area contributed by atoms with Gasteiger partial charge in [0, 0.05) is 17.4 Å². The molecule has 0 amide bonds. The molecule has 0 aliphatic heterocycles. The summed E-state index contributed by atoms with van der Waals surface area (Å²) in [6, 6.07) is 59.5. The summed E-state index contributed by atoms with van der Waals surface area (Å²) < 4.78 is 8.66. The Kier molecular flexibility index (Phi) is 8.21. The molecule has 10 rings (SSSR count). The summed E-state index contributed by atoms with van der Waals surface area (Å²) in [5.74, 6) is 1.85. The van der Waals surface area contributed by atoms with Gasteiger partial charge in [-0.15, -0.1) is 23.8 Å². The number of nitrogens with zero attached hydrogens (tertiary/aromatic N) is 3. The minimum absolute atomic E-state index is 0. The van der Waals surface area contributed by atoms with E-state index in [0.717, 1.165) is 76.2 Å². The fourth-order valence-corrected chi connectivity index (χ4v) is 8.38. The maximum atomic E-state index is 6.45. The monoisotopic (exact) mass is 850 g/mol. The Hall–Kier alpha value is -5.57. The van der Waals surface area contributed by atoms with Gasteiger partial charge in [0.05, 0.1) is 16.7 Å². The fourth-order valence-electron chi connectivity index (χ4n) is 8.38. The van der Waals surface area contributed by atoms with Gasteiger partial charge < -0.3 is 4.74 Å². The van der Waals surface area contributed by atoms with E-state index in [1.54, 1.807) is 0 Å². The molecule has 252 valence electrons. The zero-order chi connectivity index (χ0) is 33.8. The maximum absolute atomic E-state index is 6.45. The van der Waals surface area contributed by atoms with Gasteiger partial charge in [-0.3, -0.25) is 4.57 Å². The topological polar surface area (TPSA) is 39.9 Å². The first-order valence-electron chi connectivity index (χ1n) is 17.6. The average molecular weight is 851 g/mol. The average Bonchev–Trinajstić information content (AvgIpc) is 3.86. The van der Waals surface area contributed by atoms with Crippen molar-refractivity contribution in [3.8, 4) is 51.1 Å². The molecule has 8 aromatic rings. The van der Waals surface area contributed by atoms with Crippen molar-refractivity contribution in [3.63, 3.8) is 0 Å². The molecule has 2 aliphatic carbocycles. The summed E-state index contributed by atoms with van der Waals surface area (Å²) in [4.78, 5) is 10.1. The van der Waals surface area contributed by atoms with Gasteiger partial charge in [-0.05, 0) is 65.6 Å². The molecule has 0 bridgehead atoms. The van der Waals surface area contributed by atoms with Crippen molar-refractivity contribution in [2.24, 2.45) is 5.41 Å². The first-order chi connectivity index (χ1) is 25.2. The third-order valence-corrected chi connectivity index (χ3v) is 10.6. The van der Waals surface area contributed by atoms with Crippen LogP contribution in [0.3, 0.4) is 0 Å². The number of fused-ring (bicyclic) bond motifs is 3. The predicted octanol–water partition coefficient (Wildman–Crippen LogP) is 10.7. The van der Waals surface area contributed by atoms with Crippen LogP contribution >= 0.6 is 0 Å². The van der Waals surface area contributed by atoms with Crippen molar-refractivity contribution in [1.29, 1.82) is 0 Å². The van der Waals surface area contributed by atoms with Gasteiger partial charge in [-0.2, -0.15) is 29.8 Å². The number of pyridine rings is 1. The van der Waals surface area contributed by atoms with E-state index >= 15 is 0 Å². The van der Waals surface area contributed by atoms with E-state index in [9.17, 15) is 0 Å². The van der Waals surface area contributed by atoms with Crippen LogP contribution in [0, 0.1) is 17.5 Å². The summed E-state index contributed by atoms with van der Waals surface area (Å²) in [7, 11) is 0. The van der Waals surface area contributed by atoms with Gasteiger partial charge in [0.1, 0.15) is 5.69 Å². The van der Waals surface area contributed by atoms with Gasteiger partial charge in [-0.1, -0.05) is 97.4 Å². The van der Waals surface area contributed by atoms with E-state index in [1.165, 1.54) is 22.3 Å². The van der Waals surface area contributed by atoms with E-state index in [2.05, 4.69) is 120 Å². The third-order valence-electron chi connectivity index (χ3n) is 10.6. The molecule has 2 aromatic heterocycles. The molecule has 2 aliphatic rings. The largest absolute Gasteiger partial charge is 2.00 e. The van der Waals surface area contributed by atoms with Crippen molar-refractivity contribution in [2.45, 2.75) is 25.7 Å². The number of benzene rings is 6. The molecule has 0 N–H and O–H groups in total. The zero-order valence-electron chi connectivity index (χ0n) is 28.3. The Morgan fingerprint density at radius 3 is 2.21 bits per heavy atom. The normalized spacial score (nSPS) is 13.8. The van der Waals surface area contributed by atoms with E-state index in [0.29, 0.717) is 11.6 Å². The van der Waals surface area contributed by atoms with Crippen LogP contribution < -0.4 is 4.74 Å². The van der Waals surface area contributed by atoms with Crippen molar-refractivity contribution in [1.82, 2.24) is 14.5 Å². The fraction of sp³-hybridized carbons (Fsp3) is 0.106. The van der Waals surface area contributed by atoms with E-state index < -0.39 is 0 Å². The molecule has 0 saturated heterocycles. The molecule has 6 aromatic carbocycles. The Balaban J connectivity index is 0.00000360. The van der Waals surface area contributed by atoms with E-state index in [-0.39, 0.29) is 26.5 Å². The number of hydrogen-bond acceptors (Lipinski definition) is 3. The SMILES string of the molecule is [Pt+2].[c-]1c(Oc2cccc(-c3nc4ccccc4n3-c3ccccc3-c3ccccc3)n2)cccc1-c1[c-]ccc2c1CC1(Cc3ccccc3C1)C2. The van der Waals surface area contributed by atoms with Crippen LogP contribution in [0.4, 0.5) is 0 Å². The molecule has 5 heteroatoms. The molecule has 0 radical (unpaired) electrons. The summed E-state index contributed by atoms with van der Waals surface area (Å²) in [5.41, 5.74) is 14.1. The quantitative estimate of drug-likeness (QED) is 0.157. The number of aromatic nitrogens is 3. The first kappa shape index (κ1) is 32.3. The molecule has 4 nitrogen and oxygen atoms in total. The predicted molar refractivity (Wildman–Crippen MR) is 203 cm³/mol. The molecule has 0 atom stereocenters. The molecule has 0 saturated carbocycles. The number of para-hydroxylation sites is 3. The summed E-state index contributed by atoms with van der Waals surface area (Å²) >= 11 is 0. The summed E-state index contributed by atoms with van der Waals surface area (Å²) in [6.07, 6.45) is 4.43. The number of rotatable bonds is 6. The van der Waals surface area contributed by atoms with Crippen molar-refractivity contribution < 1.29 is 25.8 Å². The van der Waals surface area contributed by atoms with Crippen LogP contribution in [0.1, 0.15) is 22.3 Å². The van der Waals surface area contributed by atoms with Crippen LogP contribution in [0.25, 0.3) is 50.5 Å². The van der Waals surface area contributed by atoms with E-state index in [1.807, 2.05) is 48.5 Å². The van der Waals surface area contributed by atoms with Gasteiger partial charge >= 0.3 is 21.1 Å². The smallest absolute Gasteiger partial charge is 0.460 e. The molecular formula is C47H33N3OPt. The van der Waals surface area contributed by atoms with Gasteiger partial charge in [0.15, 0.2) is 5.82 Å². The second kappa shape index (κ2) is 13.2. The minimum atomic E-state index is 0. The molecular weight excluding hydrogens is 818 g/mol. The third kappa shape index (κ3) is 5.68. The summed E-state index contributed by atoms with van der Waals surface area (Å²) in [5, 5.41) is 0. The van der Waals surface area contributed by atoms with Gasteiger partial charge in [-0.25, -0.2) is 21.1 Å². The molecule has 1 spiro atoms. The van der Waals surface area contributed by atoms with Crippen LogP contribution in [-0.4, -0.2) is 14.5 Å². The second-order valence-electron chi connectivity index (χ2n) is 13.9. The van der Waals surface area contributed by atoms with Crippen LogP contribution in [0.15, 0.2) is 152 Å². The standard InChI is InChI=1S/C47H33N3O.Pt/c1-2-13-32(14-3-1)39-20-6-8-24-43(39)50-44-25-9-7-22-41(44)49-46(50)42-23-12-26-45(48-42)51-37-19-10-17-33(27-37)38-21-11-18-36-30-47(31-40(36)38)28-34-15-4-5-16-35(34)29-47;/h1-20,22-26H,28-31H2;/q-2;+2. The molecule has 52 heavy (non-hydrogen) atoms. The minimum Gasteiger partial charge on any atom is -0.460 e. The Morgan fingerprint density at radius 1 is 0.615 bits per heavy atom. The Labute approximate surface area is 318 Å².